The Kier molecular flexibility index (Phi) is 4.74. The second-order valence-electron chi connectivity index (χ2n) is 13.6. The van der Waals surface area contributed by atoms with Crippen molar-refractivity contribution in [1.82, 2.24) is 0 Å². The molecule has 0 amide bonds. The van der Waals surface area contributed by atoms with E-state index in [1.165, 1.54) is 22.3 Å². The van der Waals surface area contributed by atoms with Crippen LogP contribution in [0.5, 0.6) is 0 Å². The van der Waals surface area contributed by atoms with Gasteiger partial charge < -0.3 is 18.3 Å². The first-order valence-corrected chi connectivity index (χ1v) is 16.2. The number of ether oxygens (including phenoxy) is 2. The van der Waals surface area contributed by atoms with Gasteiger partial charge in [0.2, 0.25) is 0 Å². The van der Waals surface area contributed by atoms with Crippen LogP contribution in [0.3, 0.4) is 0 Å². The third-order valence-electron chi connectivity index (χ3n) is 11.9. The van der Waals surface area contributed by atoms with Crippen LogP contribution < -0.4 is 0 Å². The van der Waals surface area contributed by atoms with Crippen LogP contribution in [0.15, 0.2) is 93.8 Å². The topological polar surface area (TPSA) is 61.8 Å². The molecular weight excluding hydrogens is 548 g/mol. The lowest BCUT2D eigenvalue weighted by Gasteiger charge is -2.44. The quantitative estimate of drug-likeness (QED) is 0.194. The van der Waals surface area contributed by atoms with Crippen molar-refractivity contribution < 1.29 is 23.1 Å². The summed E-state index contributed by atoms with van der Waals surface area (Å²) in [4.78, 5) is 13.8. The number of carbonyl (C=O) groups excluding carboxylic acids is 1. The minimum atomic E-state index is -0.518. The lowest BCUT2D eigenvalue weighted by atomic mass is 9.76. The minimum absolute atomic E-state index is 0.0189. The van der Waals surface area contributed by atoms with Crippen molar-refractivity contribution in [3.63, 3.8) is 0 Å². The highest BCUT2D eigenvalue weighted by Crippen LogP contribution is 2.88. The van der Waals surface area contributed by atoms with E-state index in [1.54, 1.807) is 12.1 Å². The number of hydrogen-bond donors (Lipinski definition) is 0. The van der Waals surface area contributed by atoms with Gasteiger partial charge in [0, 0.05) is 11.8 Å². The van der Waals surface area contributed by atoms with Crippen LogP contribution in [-0.4, -0.2) is 5.78 Å². The van der Waals surface area contributed by atoms with Gasteiger partial charge in [0.05, 0.1) is 23.0 Å². The van der Waals surface area contributed by atoms with Crippen molar-refractivity contribution in [1.29, 1.82) is 0 Å². The fourth-order valence-corrected chi connectivity index (χ4v) is 10.1. The fourth-order valence-electron chi connectivity index (χ4n) is 10.1. The van der Waals surface area contributed by atoms with Crippen LogP contribution in [0, 0.1) is 22.7 Å². The molecule has 220 valence electrons. The third kappa shape index (κ3) is 2.59. The van der Waals surface area contributed by atoms with Crippen molar-refractivity contribution in [3.05, 3.63) is 130 Å². The number of benzene rings is 2. The predicted molar refractivity (Wildman–Crippen MR) is 164 cm³/mol. The summed E-state index contributed by atoms with van der Waals surface area (Å²) in [6.07, 6.45) is 13.4. The Morgan fingerprint density at radius 2 is 1.09 bits per heavy atom. The second kappa shape index (κ2) is 8.21. The number of hydrogen-bond acceptors (Lipinski definition) is 5. The maximum Gasteiger partial charge on any atom is 0.263 e. The number of furan rings is 2. The molecule has 6 aliphatic rings. The molecule has 0 radical (unpaired) electrons. The van der Waals surface area contributed by atoms with E-state index in [1.807, 2.05) is 12.1 Å². The van der Waals surface area contributed by atoms with Crippen molar-refractivity contribution in [3.8, 4) is 0 Å². The Morgan fingerprint density at radius 3 is 1.55 bits per heavy atom. The van der Waals surface area contributed by atoms with Crippen molar-refractivity contribution in [2.45, 2.75) is 62.9 Å². The summed E-state index contributed by atoms with van der Waals surface area (Å²) in [7, 11) is 0. The molecule has 5 nitrogen and oxygen atoms in total. The fraction of sp³-hybridized carbons (Fsp3) is 0.359. The first kappa shape index (κ1) is 25.4. The Hall–Kier alpha value is -3.93. The SMILES string of the molecule is CCCC1C2(c3ccc(C(=O)c4ccc(C56OC7c8ccccc8C=CC75C6CCC)o4)o3)OC3c4ccccc4C=CC312. The molecule has 2 saturated heterocycles. The Labute approximate surface area is 256 Å². The van der Waals surface area contributed by atoms with Gasteiger partial charge >= 0.3 is 0 Å². The number of carbonyl (C=O) groups is 1. The molecule has 2 aliphatic heterocycles. The van der Waals surface area contributed by atoms with Gasteiger partial charge in [0.25, 0.3) is 5.78 Å². The molecule has 8 unspecified atom stereocenters. The maximum atomic E-state index is 13.8. The molecule has 8 atom stereocenters. The van der Waals surface area contributed by atoms with Gasteiger partial charge in [-0.25, -0.2) is 0 Å². The van der Waals surface area contributed by atoms with Crippen LogP contribution >= 0.6 is 0 Å². The van der Waals surface area contributed by atoms with Crippen molar-refractivity contribution in [2.75, 3.05) is 0 Å². The summed E-state index contributed by atoms with van der Waals surface area (Å²) in [5, 5.41) is 0. The molecule has 2 spiro atoms. The van der Waals surface area contributed by atoms with E-state index in [0.717, 1.165) is 37.2 Å². The van der Waals surface area contributed by atoms with E-state index in [0.29, 0.717) is 11.8 Å². The van der Waals surface area contributed by atoms with Crippen LogP contribution in [-0.2, 0) is 20.7 Å². The zero-order valence-corrected chi connectivity index (χ0v) is 24.9. The lowest BCUT2D eigenvalue weighted by molar-refractivity contribution is -0.185. The number of fused-ring (bicyclic) bond motifs is 4. The van der Waals surface area contributed by atoms with Gasteiger partial charge in [-0.1, -0.05) is 99.5 Å². The molecule has 4 fully saturated rings. The summed E-state index contributed by atoms with van der Waals surface area (Å²) in [5.41, 5.74) is 3.64. The molecule has 4 aliphatic carbocycles. The van der Waals surface area contributed by atoms with Gasteiger partial charge in [0.1, 0.15) is 22.7 Å². The number of ketones is 1. The Balaban J connectivity index is 0.950. The highest BCUT2D eigenvalue weighted by atomic mass is 16.6. The zero-order valence-electron chi connectivity index (χ0n) is 24.9. The van der Waals surface area contributed by atoms with E-state index >= 15 is 0 Å². The normalized spacial score (nSPS) is 37.3. The van der Waals surface area contributed by atoms with Crippen LogP contribution in [0.2, 0.25) is 0 Å². The van der Waals surface area contributed by atoms with Gasteiger partial charge in [-0.05, 0) is 59.4 Å². The van der Waals surface area contributed by atoms with Crippen LogP contribution in [0.25, 0.3) is 12.2 Å². The molecular formula is C39H34O5. The molecule has 4 aromatic rings. The zero-order chi connectivity index (χ0) is 29.5. The Bertz CT molecular complexity index is 1800. The average molecular weight is 583 g/mol. The van der Waals surface area contributed by atoms with Gasteiger partial charge in [-0.2, -0.15) is 0 Å². The van der Waals surface area contributed by atoms with E-state index in [2.05, 4.69) is 86.7 Å². The molecule has 2 saturated carbocycles. The number of rotatable bonds is 8. The van der Waals surface area contributed by atoms with E-state index in [-0.39, 0.29) is 40.3 Å². The Morgan fingerprint density at radius 1 is 0.636 bits per heavy atom. The maximum absolute atomic E-state index is 13.8. The highest BCUT2D eigenvalue weighted by Gasteiger charge is 2.91. The van der Waals surface area contributed by atoms with Gasteiger partial charge in [0.15, 0.2) is 11.5 Å². The first-order valence-electron chi connectivity index (χ1n) is 16.2. The molecule has 10 rings (SSSR count). The summed E-state index contributed by atoms with van der Waals surface area (Å²) in [6.45, 7) is 4.43. The second-order valence-corrected chi connectivity index (χ2v) is 13.6. The largest absolute Gasteiger partial charge is 0.454 e. The minimum Gasteiger partial charge on any atom is -0.454 e. The molecule has 0 N–H and O–H groups in total. The van der Waals surface area contributed by atoms with Gasteiger partial charge in [-0.15, -0.1) is 0 Å². The molecule has 2 aromatic heterocycles. The third-order valence-corrected chi connectivity index (χ3v) is 11.9. The van der Waals surface area contributed by atoms with E-state index in [9.17, 15) is 4.79 Å². The van der Waals surface area contributed by atoms with Crippen LogP contribution in [0.4, 0.5) is 0 Å². The first-order chi connectivity index (χ1) is 21.6. The van der Waals surface area contributed by atoms with Gasteiger partial charge in [-0.3, -0.25) is 4.79 Å². The highest BCUT2D eigenvalue weighted by molar-refractivity contribution is 6.05. The smallest absolute Gasteiger partial charge is 0.263 e. The predicted octanol–water partition coefficient (Wildman–Crippen LogP) is 8.92. The van der Waals surface area contributed by atoms with Crippen molar-refractivity contribution >= 4 is 17.9 Å². The standard InChI is InChI=1S/C39H34O5/c1-3-9-29-36-21-19-23-11-5-7-13-25(23)34(36)43-38(29,36)31-17-15-27(41-31)33(40)28-16-18-32(42-28)39-30(10-4-2)37(39)22-20-24-12-6-8-14-26(24)35(37)44-39/h5-8,11-22,29-30,34-35H,3-4,9-10H2,1-2H3. The summed E-state index contributed by atoms with van der Waals surface area (Å²) < 4.78 is 26.3. The molecule has 4 heterocycles. The van der Waals surface area contributed by atoms with Crippen molar-refractivity contribution in [2.24, 2.45) is 22.7 Å². The lowest BCUT2D eigenvalue weighted by Crippen LogP contribution is -2.41. The average Bonchev–Trinajstić information content (AvgIpc) is 3.49. The monoisotopic (exact) mass is 582 g/mol. The van der Waals surface area contributed by atoms with Crippen LogP contribution in [0.1, 0.15) is 102 Å². The molecule has 5 heteroatoms. The molecule has 0 bridgehead atoms. The summed E-state index contributed by atoms with van der Waals surface area (Å²) in [6, 6.07) is 24.4. The van der Waals surface area contributed by atoms with E-state index < -0.39 is 11.2 Å². The summed E-state index contributed by atoms with van der Waals surface area (Å²) in [5.74, 6) is 2.43. The molecule has 44 heavy (non-hydrogen) atoms. The summed E-state index contributed by atoms with van der Waals surface area (Å²) >= 11 is 0. The molecule has 2 aromatic carbocycles. The van der Waals surface area contributed by atoms with E-state index in [4.69, 9.17) is 18.3 Å².